The van der Waals surface area contributed by atoms with E-state index in [0.717, 1.165) is 50.9 Å². The molecule has 3 heterocycles. The molecule has 2 aromatic rings. The Hall–Kier alpha value is -2.40. The van der Waals surface area contributed by atoms with Gasteiger partial charge in [-0.25, -0.2) is 0 Å². The van der Waals surface area contributed by atoms with Crippen molar-refractivity contribution in [1.82, 2.24) is 10.3 Å². The van der Waals surface area contributed by atoms with Crippen LogP contribution in [0, 0.1) is 5.92 Å². The van der Waals surface area contributed by atoms with Crippen LogP contribution < -0.4 is 10.2 Å². The lowest BCUT2D eigenvalue weighted by molar-refractivity contribution is -0.130. The second-order valence-electron chi connectivity index (χ2n) is 7.91. The zero-order valence-electron chi connectivity index (χ0n) is 16.3. The first-order valence-corrected chi connectivity index (χ1v) is 10.3. The van der Waals surface area contributed by atoms with Gasteiger partial charge in [0.2, 0.25) is 5.91 Å². The second kappa shape index (κ2) is 8.74. The van der Waals surface area contributed by atoms with Gasteiger partial charge >= 0.3 is 0 Å². The molecule has 0 radical (unpaired) electrons. The normalized spacial score (nSPS) is 19.9. The Morgan fingerprint density at radius 1 is 1.11 bits per heavy atom. The van der Waals surface area contributed by atoms with Crippen LogP contribution in [0.5, 0.6) is 0 Å². The molecule has 2 aliphatic rings. The van der Waals surface area contributed by atoms with Gasteiger partial charge < -0.3 is 15.0 Å². The van der Waals surface area contributed by atoms with Crippen molar-refractivity contribution < 1.29 is 9.53 Å². The van der Waals surface area contributed by atoms with Gasteiger partial charge in [0.25, 0.3) is 0 Å². The molecule has 2 aliphatic heterocycles. The number of nitrogens with one attached hydrogen (secondary N) is 1. The molecule has 0 bridgehead atoms. The fourth-order valence-corrected chi connectivity index (χ4v) is 4.47. The summed E-state index contributed by atoms with van der Waals surface area (Å²) in [6.07, 6.45) is 7.43. The minimum absolute atomic E-state index is 0.164. The third-order valence-corrected chi connectivity index (χ3v) is 6.28. The first kappa shape index (κ1) is 18.9. The minimum Gasteiger partial charge on any atom is -0.381 e. The van der Waals surface area contributed by atoms with Crippen molar-refractivity contribution in [1.29, 1.82) is 0 Å². The van der Waals surface area contributed by atoms with Crippen LogP contribution in [0.15, 0.2) is 54.9 Å². The van der Waals surface area contributed by atoms with E-state index in [1.165, 1.54) is 5.69 Å². The maximum Gasteiger partial charge on any atom is 0.230 e. The molecule has 2 fully saturated rings. The van der Waals surface area contributed by atoms with Crippen molar-refractivity contribution in [2.45, 2.75) is 31.1 Å². The molecule has 2 saturated heterocycles. The molecular formula is C23H29N3O2. The van der Waals surface area contributed by atoms with Gasteiger partial charge in [0.05, 0.1) is 17.3 Å². The van der Waals surface area contributed by atoms with E-state index in [1.807, 2.05) is 36.7 Å². The number of carbonyl (C=O) groups is 1. The Morgan fingerprint density at radius 3 is 2.54 bits per heavy atom. The average Bonchev–Trinajstić information content (AvgIpc) is 2.79. The molecule has 1 N–H and O–H groups in total. The number of hydrogen-bond donors (Lipinski definition) is 1. The topological polar surface area (TPSA) is 54.5 Å². The Labute approximate surface area is 167 Å². The van der Waals surface area contributed by atoms with Crippen LogP contribution in [-0.4, -0.2) is 43.7 Å². The van der Waals surface area contributed by atoms with E-state index in [2.05, 4.69) is 33.4 Å². The van der Waals surface area contributed by atoms with Gasteiger partial charge in [0, 0.05) is 39.0 Å². The highest BCUT2D eigenvalue weighted by Crippen LogP contribution is 2.35. The fourth-order valence-electron chi connectivity index (χ4n) is 4.47. The number of ether oxygens (including phenoxy) is 1. The maximum absolute atomic E-state index is 13.3. The van der Waals surface area contributed by atoms with Crippen molar-refractivity contribution in [3.63, 3.8) is 0 Å². The highest BCUT2D eigenvalue weighted by Gasteiger charge is 2.41. The Bertz CT molecular complexity index is 752. The molecule has 0 unspecified atom stereocenters. The number of aromatic nitrogens is 1. The molecule has 148 valence electrons. The van der Waals surface area contributed by atoms with Crippen LogP contribution in [0.4, 0.5) is 5.69 Å². The minimum atomic E-state index is -0.448. The molecule has 1 aromatic heterocycles. The molecule has 0 spiro atoms. The average molecular weight is 380 g/mol. The van der Waals surface area contributed by atoms with Gasteiger partial charge in [-0.1, -0.05) is 30.3 Å². The number of piperidine rings is 1. The summed E-state index contributed by atoms with van der Waals surface area (Å²) in [5.74, 6) is 0.696. The van der Waals surface area contributed by atoms with Gasteiger partial charge in [-0.2, -0.15) is 0 Å². The maximum atomic E-state index is 13.3. The smallest absolute Gasteiger partial charge is 0.230 e. The lowest BCUT2D eigenvalue weighted by Crippen LogP contribution is -2.49. The molecule has 5 heteroatoms. The largest absolute Gasteiger partial charge is 0.381 e. The predicted octanol–water partition coefficient (Wildman–Crippen LogP) is 3.16. The van der Waals surface area contributed by atoms with Gasteiger partial charge in [-0.15, -0.1) is 0 Å². The highest BCUT2D eigenvalue weighted by molar-refractivity contribution is 5.88. The van der Waals surface area contributed by atoms with Crippen LogP contribution in [0.2, 0.25) is 0 Å². The Kier molecular flexibility index (Phi) is 5.91. The summed E-state index contributed by atoms with van der Waals surface area (Å²) in [6, 6.07) is 14.3. The Balaban J connectivity index is 1.34. The van der Waals surface area contributed by atoms with E-state index < -0.39 is 5.41 Å². The molecule has 28 heavy (non-hydrogen) atoms. The number of amides is 1. The molecule has 0 saturated carbocycles. The predicted molar refractivity (Wildman–Crippen MR) is 110 cm³/mol. The first-order chi connectivity index (χ1) is 13.8. The lowest BCUT2D eigenvalue weighted by Gasteiger charge is -2.37. The summed E-state index contributed by atoms with van der Waals surface area (Å²) in [6.45, 7) is 4.08. The van der Waals surface area contributed by atoms with Crippen LogP contribution in [0.25, 0.3) is 0 Å². The molecule has 1 aromatic carbocycles. The van der Waals surface area contributed by atoms with Crippen LogP contribution >= 0.6 is 0 Å². The van der Waals surface area contributed by atoms with Gasteiger partial charge in [0.15, 0.2) is 0 Å². The summed E-state index contributed by atoms with van der Waals surface area (Å²) in [5, 5.41) is 3.29. The van der Waals surface area contributed by atoms with Crippen LogP contribution in [-0.2, 0) is 14.9 Å². The van der Waals surface area contributed by atoms with Gasteiger partial charge in [-0.3, -0.25) is 9.78 Å². The van der Waals surface area contributed by atoms with E-state index in [0.29, 0.717) is 19.1 Å². The summed E-state index contributed by atoms with van der Waals surface area (Å²) in [7, 11) is 0. The number of carbonyl (C=O) groups excluding carboxylic acids is 1. The molecule has 0 atom stereocenters. The summed E-state index contributed by atoms with van der Waals surface area (Å²) < 4.78 is 5.55. The number of pyridine rings is 1. The van der Waals surface area contributed by atoms with Gasteiger partial charge in [-0.05, 0) is 49.3 Å². The zero-order chi connectivity index (χ0) is 19.2. The van der Waals surface area contributed by atoms with E-state index in [9.17, 15) is 4.79 Å². The monoisotopic (exact) mass is 379 g/mol. The van der Waals surface area contributed by atoms with Crippen molar-refractivity contribution in [3.8, 4) is 0 Å². The van der Waals surface area contributed by atoms with Crippen molar-refractivity contribution in [3.05, 3.63) is 60.4 Å². The zero-order valence-corrected chi connectivity index (χ0v) is 16.3. The van der Waals surface area contributed by atoms with Crippen molar-refractivity contribution in [2.75, 3.05) is 37.7 Å². The fraction of sp³-hybridized carbons (Fsp3) is 0.478. The number of nitrogens with zero attached hydrogens (tertiary/aromatic N) is 2. The third kappa shape index (κ3) is 4.04. The summed E-state index contributed by atoms with van der Waals surface area (Å²) in [5.41, 5.74) is 1.85. The van der Waals surface area contributed by atoms with Gasteiger partial charge in [0.1, 0.15) is 0 Å². The van der Waals surface area contributed by atoms with E-state index in [-0.39, 0.29) is 5.91 Å². The summed E-state index contributed by atoms with van der Waals surface area (Å²) >= 11 is 0. The van der Waals surface area contributed by atoms with E-state index in [4.69, 9.17) is 4.74 Å². The number of rotatable bonds is 5. The molecular weight excluding hydrogens is 350 g/mol. The van der Waals surface area contributed by atoms with Crippen LogP contribution in [0.3, 0.4) is 0 Å². The molecule has 4 rings (SSSR count). The number of hydrogen-bond acceptors (Lipinski definition) is 4. The third-order valence-electron chi connectivity index (χ3n) is 6.28. The lowest BCUT2D eigenvalue weighted by atomic mass is 9.73. The quantitative estimate of drug-likeness (QED) is 0.867. The van der Waals surface area contributed by atoms with Crippen LogP contribution in [0.1, 0.15) is 31.2 Å². The van der Waals surface area contributed by atoms with E-state index in [1.54, 1.807) is 0 Å². The van der Waals surface area contributed by atoms with Crippen molar-refractivity contribution >= 4 is 11.6 Å². The molecule has 0 aliphatic carbocycles. The summed E-state index contributed by atoms with van der Waals surface area (Å²) in [4.78, 5) is 19.9. The standard InChI is InChI=1S/C23H29N3O2/c27-22(23(10-15-28-16-11-23)20-5-2-1-3-6-20)25-17-19-8-13-26(14-9-19)21-7-4-12-24-18-21/h1-7,12,18-19H,8-11,13-17H2,(H,25,27). The second-order valence-corrected chi connectivity index (χ2v) is 7.91. The van der Waals surface area contributed by atoms with Crippen molar-refractivity contribution in [2.24, 2.45) is 5.92 Å². The molecule has 5 nitrogen and oxygen atoms in total. The molecule has 1 amide bonds. The first-order valence-electron chi connectivity index (χ1n) is 10.3. The Morgan fingerprint density at radius 2 is 1.86 bits per heavy atom. The number of anilines is 1. The number of benzene rings is 1. The SMILES string of the molecule is O=C(NCC1CCN(c2cccnc2)CC1)C1(c2ccccc2)CCOCC1. The van der Waals surface area contributed by atoms with E-state index >= 15 is 0 Å². The highest BCUT2D eigenvalue weighted by atomic mass is 16.5.